The number of aryl methyl sites for hydroxylation is 2. The van der Waals surface area contributed by atoms with E-state index in [9.17, 15) is 9.18 Å². The Kier molecular flexibility index (Phi) is 8.35. The van der Waals surface area contributed by atoms with Crippen LogP contribution in [0.25, 0.3) is 11.4 Å². The molecule has 0 fully saturated rings. The molecule has 0 unspecified atom stereocenters. The van der Waals surface area contributed by atoms with Crippen LogP contribution in [0.15, 0.2) is 22.7 Å². The highest BCUT2D eigenvalue weighted by atomic mass is 35.5. The molecule has 132 valence electrons. The van der Waals surface area contributed by atoms with E-state index in [0.29, 0.717) is 42.2 Å². The lowest BCUT2D eigenvalue weighted by molar-refractivity contribution is -0.121. The van der Waals surface area contributed by atoms with Gasteiger partial charge >= 0.3 is 0 Å². The molecule has 0 saturated heterocycles. The van der Waals surface area contributed by atoms with E-state index in [1.165, 1.54) is 6.07 Å². The SMILES string of the molecule is CNCCCNC(=O)CCc1nc(-c2ccc(F)c(C)c2)no1.Cl. The van der Waals surface area contributed by atoms with Gasteiger partial charge in [0, 0.05) is 24.9 Å². The van der Waals surface area contributed by atoms with Crippen LogP contribution in [0.1, 0.15) is 24.3 Å². The molecule has 0 aliphatic carbocycles. The van der Waals surface area contributed by atoms with E-state index in [2.05, 4.69) is 20.8 Å². The molecular formula is C16H22ClFN4O2. The van der Waals surface area contributed by atoms with Gasteiger partial charge < -0.3 is 15.2 Å². The minimum absolute atomic E-state index is 0. The summed E-state index contributed by atoms with van der Waals surface area (Å²) in [6.45, 7) is 3.19. The number of hydrogen-bond donors (Lipinski definition) is 2. The number of carbonyl (C=O) groups excluding carboxylic acids is 1. The lowest BCUT2D eigenvalue weighted by Gasteiger charge is -2.03. The van der Waals surface area contributed by atoms with E-state index < -0.39 is 0 Å². The molecule has 1 amide bonds. The third-order valence-corrected chi connectivity index (χ3v) is 3.38. The second-order valence-electron chi connectivity index (χ2n) is 5.28. The quantitative estimate of drug-likeness (QED) is 0.709. The van der Waals surface area contributed by atoms with Crippen molar-refractivity contribution in [1.29, 1.82) is 0 Å². The van der Waals surface area contributed by atoms with Crippen molar-refractivity contribution in [1.82, 2.24) is 20.8 Å². The first kappa shape index (κ1) is 20.1. The Morgan fingerprint density at radius 3 is 2.83 bits per heavy atom. The van der Waals surface area contributed by atoms with E-state index in [4.69, 9.17) is 4.52 Å². The monoisotopic (exact) mass is 356 g/mol. The molecule has 0 aliphatic rings. The Morgan fingerprint density at radius 2 is 2.12 bits per heavy atom. The summed E-state index contributed by atoms with van der Waals surface area (Å²) in [7, 11) is 1.87. The largest absolute Gasteiger partial charge is 0.356 e. The fourth-order valence-corrected chi connectivity index (χ4v) is 2.06. The first-order valence-corrected chi connectivity index (χ1v) is 7.60. The molecule has 6 nitrogen and oxygen atoms in total. The average molecular weight is 357 g/mol. The van der Waals surface area contributed by atoms with Crippen LogP contribution in [-0.2, 0) is 11.2 Å². The third kappa shape index (κ3) is 5.90. The number of rotatable bonds is 8. The minimum Gasteiger partial charge on any atom is -0.356 e. The van der Waals surface area contributed by atoms with Crippen LogP contribution in [0.2, 0.25) is 0 Å². The number of nitrogens with one attached hydrogen (secondary N) is 2. The topological polar surface area (TPSA) is 80.0 Å². The predicted molar refractivity (Wildman–Crippen MR) is 91.6 cm³/mol. The molecule has 2 N–H and O–H groups in total. The van der Waals surface area contributed by atoms with Gasteiger partial charge in [-0.15, -0.1) is 12.4 Å². The van der Waals surface area contributed by atoms with Crippen molar-refractivity contribution in [3.05, 3.63) is 35.5 Å². The number of carbonyl (C=O) groups is 1. The molecule has 2 rings (SSSR count). The zero-order valence-corrected chi connectivity index (χ0v) is 14.6. The predicted octanol–water partition coefficient (Wildman–Crippen LogP) is 2.26. The molecule has 0 bridgehead atoms. The van der Waals surface area contributed by atoms with Gasteiger partial charge in [-0.1, -0.05) is 5.16 Å². The van der Waals surface area contributed by atoms with Crippen molar-refractivity contribution in [3.8, 4) is 11.4 Å². The van der Waals surface area contributed by atoms with Crippen LogP contribution in [0.3, 0.4) is 0 Å². The van der Waals surface area contributed by atoms with Crippen molar-refractivity contribution >= 4 is 18.3 Å². The van der Waals surface area contributed by atoms with Crippen LogP contribution >= 0.6 is 12.4 Å². The summed E-state index contributed by atoms with van der Waals surface area (Å²) in [4.78, 5) is 15.9. The molecule has 24 heavy (non-hydrogen) atoms. The van der Waals surface area contributed by atoms with Gasteiger partial charge in [-0.25, -0.2) is 4.39 Å². The Hall–Kier alpha value is -1.99. The van der Waals surface area contributed by atoms with Gasteiger partial charge in [0.05, 0.1) is 0 Å². The van der Waals surface area contributed by atoms with Crippen LogP contribution in [-0.4, -0.2) is 36.2 Å². The Morgan fingerprint density at radius 1 is 1.33 bits per heavy atom. The maximum Gasteiger partial charge on any atom is 0.227 e. The van der Waals surface area contributed by atoms with Gasteiger partial charge in [-0.05, 0) is 50.7 Å². The van der Waals surface area contributed by atoms with E-state index >= 15 is 0 Å². The Bertz CT molecular complexity index is 663. The van der Waals surface area contributed by atoms with Gasteiger partial charge in [0.15, 0.2) is 0 Å². The number of benzene rings is 1. The van der Waals surface area contributed by atoms with Gasteiger partial charge in [0.25, 0.3) is 0 Å². The minimum atomic E-state index is -0.271. The summed E-state index contributed by atoms with van der Waals surface area (Å²) in [6.07, 6.45) is 1.56. The van der Waals surface area contributed by atoms with Crippen molar-refractivity contribution in [2.75, 3.05) is 20.1 Å². The Balaban J connectivity index is 0.00000288. The van der Waals surface area contributed by atoms with E-state index in [-0.39, 0.29) is 24.1 Å². The number of halogens is 2. The first-order valence-electron chi connectivity index (χ1n) is 7.60. The molecule has 8 heteroatoms. The molecule has 0 spiro atoms. The standard InChI is InChI=1S/C16H21FN4O2.ClH/c1-11-10-12(4-5-13(11)17)16-20-15(23-21-16)7-6-14(22)19-9-3-8-18-2;/h4-5,10,18H,3,6-9H2,1-2H3,(H,19,22);1H. The summed E-state index contributed by atoms with van der Waals surface area (Å²) in [5.41, 5.74) is 1.21. The second kappa shape index (κ2) is 10.00. The number of nitrogens with zero attached hydrogens (tertiary/aromatic N) is 2. The van der Waals surface area contributed by atoms with E-state index in [1.54, 1.807) is 19.1 Å². The molecule has 1 aromatic carbocycles. The molecule has 0 saturated carbocycles. The third-order valence-electron chi connectivity index (χ3n) is 3.38. The molecule has 1 aromatic heterocycles. The van der Waals surface area contributed by atoms with Crippen LogP contribution < -0.4 is 10.6 Å². The van der Waals surface area contributed by atoms with Gasteiger partial charge in [-0.2, -0.15) is 4.98 Å². The zero-order chi connectivity index (χ0) is 16.7. The van der Waals surface area contributed by atoms with Crippen LogP contribution in [0.4, 0.5) is 4.39 Å². The fourth-order valence-electron chi connectivity index (χ4n) is 2.06. The fraction of sp³-hybridized carbons (Fsp3) is 0.438. The number of aromatic nitrogens is 2. The van der Waals surface area contributed by atoms with Crippen molar-refractivity contribution in [3.63, 3.8) is 0 Å². The normalized spacial score (nSPS) is 10.3. The highest BCUT2D eigenvalue weighted by Gasteiger charge is 2.11. The van der Waals surface area contributed by atoms with E-state index in [0.717, 1.165) is 13.0 Å². The molecule has 0 atom stereocenters. The van der Waals surface area contributed by atoms with Crippen molar-refractivity contribution in [2.45, 2.75) is 26.2 Å². The maximum absolute atomic E-state index is 13.3. The first-order chi connectivity index (χ1) is 11.1. The highest BCUT2D eigenvalue weighted by Crippen LogP contribution is 2.19. The molecule has 2 aromatic rings. The summed E-state index contributed by atoms with van der Waals surface area (Å²) >= 11 is 0. The molecular weight excluding hydrogens is 335 g/mol. The summed E-state index contributed by atoms with van der Waals surface area (Å²) in [5.74, 6) is 0.482. The van der Waals surface area contributed by atoms with Crippen molar-refractivity contribution in [2.24, 2.45) is 0 Å². The van der Waals surface area contributed by atoms with Gasteiger partial charge in [-0.3, -0.25) is 4.79 Å². The van der Waals surface area contributed by atoms with Crippen LogP contribution in [0.5, 0.6) is 0 Å². The Labute approximate surface area is 146 Å². The smallest absolute Gasteiger partial charge is 0.227 e. The summed E-state index contributed by atoms with van der Waals surface area (Å²) in [6, 6.07) is 4.64. The van der Waals surface area contributed by atoms with E-state index in [1.807, 2.05) is 7.05 Å². The lowest BCUT2D eigenvalue weighted by atomic mass is 10.1. The lowest BCUT2D eigenvalue weighted by Crippen LogP contribution is -2.26. The van der Waals surface area contributed by atoms with Crippen LogP contribution in [0, 0.1) is 12.7 Å². The van der Waals surface area contributed by atoms with Gasteiger partial charge in [0.1, 0.15) is 5.82 Å². The van der Waals surface area contributed by atoms with Gasteiger partial charge in [0.2, 0.25) is 17.6 Å². The number of hydrogen-bond acceptors (Lipinski definition) is 5. The maximum atomic E-state index is 13.3. The average Bonchev–Trinajstić information content (AvgIpc) is 3.01. The molecule has 0 aliphatic heterocycles. The zero-order valence-electron chi connectivity index (χ0n) is 13.8. The molecule has 0 radical (unpaired) electrons. The highest BCUT2D eigenvalue weighted by molar-refractivity contribution is 5.85. The summed E-state index contributed by atoms with van der Waals surface area (Å²) < 4.78 is 18.4. The van der Waals surface area contributed by atoms with Crippen molar-refractivity contribution < 1.29 is 13.7 Å². The number of amides is 1. The second-order valence-corrected chi connectivity index (χ2v) is 5.28. The molecule has 1 heterocycles. The summed E-state index contributed by atoms with van der Waals surface area (Å²) in [5, 5.41) is 9.72.